The second kappa shape index (κ2) is 8.97. The number of urea groups is 1. The van der Waals surface area contributed by atoms with Gasteiger partial charge in [0.25, 0.3) is 5.56 Å². The van der Waals surface area contributed by atoms with E-state index in [-0.39, 0.29) is 12.1 Å². The van der Waals surface area contributed by atoms with Crippen LogP contribution in [-0.2, 0) is 6.54 Å². The van der Waals surface area contributed by atoms with Gasteiger partial charge in [0.2, 0.25) is 0 Å². The Morgan fingerprint density at radius 1 is 1.06 bits per heavy atom. The molecule has 0 aliphatic rings. The Morgan fingerprint density at radius 2 is 1.81 bits per heavy atom. The first-order valence-corrected chi connectivity index (χ1v) is 9.90. The number of rotatable bonds is 5. The minimum absolute atomic E-state index is 0.0388. The van der Waals surface area contributed by atoms with Crippen molar-refractivity contribution in [3.05, 3.63) is 117 Å². The van der Waals surface area contributed by atoms with E-state index in [1.807, 2.05) is 0 Å². The number of hydrogen-bond donors (Lipinski definition) is 2. The van der Waals surface area contributed by atoms with Gasteiger partial charge in [-0.25, -0.2) is 14.2 Å². The molecule has 0 aliphatic heterocycles. The van der Waals surface area contributed by atoms with Gasteiger partial charge in [-0.1, -0.05) is 48.0 Å². The van der Waals surface area contributed by atoms with Crippen LogP contribution in [0.25, 0.3) is 5.65 Å². The fourth-order valence-corrected chi connectivity index (χ4v) is 3.38. The topological polar surface area (TPSA) is 75.5 Å². The van der Waals surface area contributed by atoms with Crippen molar-refractivity contribution in [2.24, 2.45) is 0 Å². The van der Waals surface area contributed by atoms with Gasteiger partial charge >= 0.3 is 6.03 Å². The number of hydrogen-bond acceptors (Lipinski definition) is 3. The molecule has 1 unspecified atom stereocenters. The van der Waals surface area contributed by atoms with E-state index >= 15 is 0 Å². The third-order valence-corrected chi connectivity index (χ3v) is 5.00. The van der Waals surface area contributed by atoms with Crippen LogP contribution < -0.4 is 16.2 Å². The van der Waals surface area contributed by atoms with Crippen molar-refractivity contribution in [1.29, 1.82) is 0 Å². The first-order chi connectivity index (χ1) is 15.0. The molecule has 2 heterocycles. The Kier molecular flexibility index (Phi) is 5.95. The van der Waals surface area contributed by atoms with Crippen LogP contribution in [0.4, 0.5) is 9.18 Å². The molecule has 156 valence electrons. The van der Waals surface area contributed by atoms with Crippen molar-refractivity contribution in [2.75, 3.05) is 0 Å². The summed E-state index contributed by atoms with van der Waals surface area (Å²) in [5.41, 5.74) is 1.65. The van der Waals surface area contributed by atoms with E-state index < -0.39 is 17.9 Å². The highest BCUT2D eigenvalue weighted by Gasteiger charge is 2.20. The van der Waals surface area contributed by atoms with Gasteiger partial charge in [0.15, 0.2) is 0 Å². The maximum absolute atomic E-state index is 14.5. The largest absolute Gasteiger partial charge is 0.332 e. The molecule has 0 saturated heterocycles. The van der Waals surface area contributed by atoms with Gasteiger partial charge < -0.3 is 10.6 Å². The Balaban J connectivity index is 1.53. The predicted octanol–water partition coefficient (Wildman–Crippen LogP) is 4.08. The number of fused-ring (bicyclic) bond motifs is 1. The van der Waals surface area contributed by atoms with Crippen LogP contribution in [0.5, 0.6) is 0 Å². The summed E-state index contributed by atoms with van der Waals surface area (Å²) in [6.07, 6.45) is 1.62. The van der Waals surface area contributed by atoms with Crippen molar-refractivity contribution in [3.63, 3.8) is 0 Å². The van der Waals surface area contributed by atoms with Crippen LogP contribution in [0.3, 0.4) is 0 Å². The molecule has 4 rings (SSSR count). The maximum Gasteiger partial charge on any atom is 0.315 e. The number of nitrogens with zero attached hydrogens (tertiary/aromatic N) is 2. The molecule has 4 aromatic rings. The van der Waals surface area contributed by atoms with Crippen LogP contribution in [0, 0.1) is 5.82 Å². The van der Waals surface area contributed by atoms with Gasteiger partial charge in [-0.2, -0.15) is 0 Å². The third kappa shape index (κ3) is 4.73. The average Bonchev–Trinajstić information content (AvgIpc) is 2.77. The van der Waals surface area contributed by atoms with E-state index in [9.17, 15) is 14.0 Å². The quantitative estimate of drug-likeness (QED) is 0.495. The molecule has 0 aliphatic carbocycles. The molecule has 8 heteroatoms. The Morgan fingerprint density at radius 3 is 2.58 bits per heavy atom. The van der Waals surface area contributed by atoms with Gasteiger partial charge in [-0.05, 0) is 35.9 Å². The van der Waals surface area contributed by atoms with Crippen molar-refractivity contribution in [1.82, 2.24) is 20.0 Å². The summed E-state index contributed by atoms with van der Waals surface area (Å²) in [5.74, 6) is -0.438. The molecule has 0 spiro atoms. The summed E-state index contributed by atoms with van der Waals surface area (Å²) in [4.78, 5) is 29.2. The van der Waals surface area contributed by atoms with E-state index in [1.54, 1.807) is 66.9 Å². The molecule has 2 aromatic carbocycles. The molecule has 2 N–H and O–H groups in total. The molecule has 6 nitrogen and oxygen atoms in total. The fraction of sp³-hybridized carbons (Fsp3) is 0.0870. The van der Waals surface area contributed by atoms with Crippen LogP contribution in [0.1, 0.15) is 22.9 Å². The lowest BCUT2D eigenvalue weighted by molar-refractivity contribution is 0.238. The van der Waals surface area contributed by atoms with Crippen LogP contribution in [0.2, 0.25) is 5.02 Å². The first-order valence-electron chi connectivity index (χ1n) is 9.53. The van der Waals surface area contributed by atoms with Gasteiger partial charge in [-0.15, -0.1) is 0 Å². The van der Waals surface area contributed by atoms with Gasteiger partial charge in [0.1, 0.15) is 11.5 Å². The lowest BCUT2D eigenvalue weighted by atomic mass is 9.98. The molecule has 1 atom stereocenters. The number of aromatic nitrogens is 2. The van der Waals surface area contributed by atoms with Gasteiger partial charge in [-0.3, -0.25) is 9.20 Å². The number of nitrogens with one attached hydrogen (secondary N) is 2. The minimum atomic E-state index is -0.728. The van der Waals surface area contributed by atoms with E-state index in [4.69, 9.17) is 11.6 Å². The number of carbonyl (C=O) groups excluding carboxylic acids is 1. The maximum atomic E-state index is 14.5. The number of benzene rings is 2. The zero-order valence-corrected chi connectivity index (χ0v) is 17.0. The molecule has 0 saturated carbocycles. The van der Waals surface area contributed by atoms with E-state index in [0.717, 1.165) is 0 Å². The summed E-state index contributed by atoms with van der Waals surface area (Å²) in [6.45, 7) is 0.0388. The molecular weight excluding hydrogens is 419 g/mol. The van der Waals surface area contributed by atoms with Crippen molar-refractivity contribution >= 4 is 23.3 Å². The minimum Gasteiger partial charge on any atom is -0.332 e. The number of carbonyl (C=O) groups is 1. The fourth-order valence-electron chi connectivity index (χ4n) is 3.25. The molecule has 0 bridgehead atoms. The van der Waals surface area contributed by atoms with Crippen molar-refractivity contribution in [2.45, 2.75) is 12.6 Å². The smallest absolute Gasteiger partial charge is 0.315 e. The van der Waals surface area contributed by atoms with E-state index in [0.29, 0.717) is 27.5 Å². The summed E-state index contributed by atoms with van der Waals surface area (Å²) in [5, 5.41) is 6.01. The average molecular weight is 437 g/mol. The Labute approximate surface area is 182 Å². The van der Waals surface area contributed by atoms with Crippen LogP contribution in [-0.4, -0.2) is 15.4 Å². The van der Waals surface area contributed by atoms with Crippen LogP contribution >= 0.6 is 11.6 Å². The third-order valence-electron chi connectivity index (χ3n) is 4.75. The second-order valence-electron chi connectivity index (χ2n) is 6.85. The number of halogens is 2. The first kappa shape index (κ1) is 20.6. The SMILES string of the molecule is O=C(NCc1cc(=O)n2ccccc2n1)NC(c1ccc(Cl)cc1)c1ccccc1F. The lowest BCUT2D eigenvalue weighted by Gasteiger charge is -2.21. The van der Waals surface area contributed by atoms with Crippen molar-refractivity contribution in [3.8, 4) is 0 Å². The standard InChI is InChI=1S/C23H18ClFN4O2/c24-16-10-8-15(9-11-16)22(18-5-1-2-6-19(18)25)28-23(31)26-14-17-13-21(30)29-12-4-3-7-20(29)27-17/h1-13,22H,14H2,(H2,26,28,31). The summed E-state index contributed by atoms with van der Waals surface area (Å²) < 4.78 is 15.9. The lowest BCUT2D eigenvalue weighted by Crippen LogP contribution is -2.38. The molecule has 31 heavy (non-hydrogen) atoms. The molecule has 0 fully saturated rings. The molecule has 0 radical (unpaired) electrons. The highest BCUT2D eigenvalue weighted by atomic mass is 35.5. The highest BCUT2D eigenvalue weighted by Crippen LogP contribution is 2.25. The number of pyridine rings is 1. The molecule has 2 aromatic heterocycles. The zero-order chi connectivity index (χ0) is 21.8. The summed E-state index contributed by atoms with van der Waals surface area (Å²) in [7, 11) is 0. The number of amides is 2. The van der Waals surface area contributed by atoms with Gasteiger partial charge in [0.05, 0.1) is 18.3 Å². The van der Waals surface area contributed by atoms with Gasteiger partial charge in [0, 0.05) is 22.8 Å². The van der Waals surface area contributed by atoms with Crippen LogP contribution in [0.15, 0.2) is 83.8 Å². The molecule has 2 amide bonds. The Hall–Kier alpha value is -3.71. The predicted molar refractivity (Wildman–Crippen MR) is 117 cm³/mol. The van der Waals surface area contributed by atoms with E-state index in [1.165, 1.54) is 16.5 Å². The highest BCUT2D eigenvalue weighted by molar-refractivity contribution is 6.30. The van der Waals surface area contributed by atoms with E-state index in [2.05, 4.69) is 15.6 Å². The van der Waals surface area contributed by atoms with Crippen molar-refractivity contribution < 1.29 is 9.18 Å². The molecular formula is C23H18ClFN4O2. The second-order valence-corrected chi connectivity index (χ2v) is 7.28. The Bertz CT molecular complexity index is 1290. The zero-order valence-electron chi connectivity index (χ0n) is 16.3. The summed E-state index contributed by atoms with van der Waals surface area (Å²) in [6, 6.07) is 18.4. The monoisotopic (exact) mass is 436 g/mol. The summed E-state index contributed by atoms with van der Waals surface area (Å²) >= 11 is 5.96. The normalized spacial score (nSPS) is 11.8.